The van der Waals surface area contributed by atoms with Crippen LogP contribution in [0.15, 0.2) is 42.5 Å². The second-order valence-corrected chi connectivity index (χ2v) is 6.16. The van der Waals surface area contributed by atoms with Crippen LogP contribution in [-0.4, -0.2) is 37.7 Å². The van der Waals surface area contributed by atoms with E-state index >= 15 is 0 Å². The topological polar surface area (TPSA) is 55.8 Å². The Morgan fingerprint density at radius 2 is 1.62 bits per heavy atom. The number of ether oxygens (including phenoxy) is 1. The Morgan fingerprint density at radius 1 is 0.962 bits per heavy atom. The SMILES string of the molecule is CON(C)C(=O)C/C=C/CCCCCCCCOC(=O)c1ccccc1. The van der Waals surface area contributed by atoms with Crippen molar-refractivity contribution in [3.05, 3.63) is 48.0 Å². The van der Waals surface area contributed by atoms with Gasteiger partial charge in [0, 0.05) is 13.5 Å². The zero-order valence-electron chi connectivity index (χ0n) is 16.0. The number of carbonyl (C=O) groups is 2. The Kier molecular flexibility index (Phi) is 11.9. The van der Waals surface area contributed by atoms with Gasteiger partial charge < -0.3 is 4.74 Å². The Balaban J connectivity index is 1.90. The first-order valence-electron chi connectivity index (χ1n) is 9.33. The summed E-state index contributed by atoms with van der Waals surface area (Å²) in [5, 5.41) is 1.24. The Morgan fingerprint density at radius 3 is 2.31 bits per heavy atom. The van der Waals surface area contributed by atoms with E-state index in [-0.39, 0.29) is 11.9 Å². The molecule has 0 spiro atoms. The van der Waals surface area contributed by atoms with Gasteiger partial charge in [0.25, 0.3) is 0 Å². The molecule has 0 aliphatic rings. The fraction of sp³-hybridized carbons (Fsp3) is 0.524. The minimum Gasteiger partial charge on any atom is -0.462 e. The van der Waals surface area contributed by atoms with Gasteiger partial charge in [-0.25, -0.2) is 9.86 Å². The Hall–Kier alpha value is -2.14. The molecule has 0 N–H and O–H groups in total. The number of benzene rings is 1. The molecule has 0 unspecified atom stereocenters. The molecule has 0 aromatic heterocycles. The second-order valence-electron chi connectivity index (χ2n) is 6.16. The second kappa shape index (κ2) is 14.1. The predicted octanol–water partition coefficient (Wildman–Crippen LogP) is 4.54. The highest BCUT2D eigenvalue weighted by molar-refractivity contribution is 5.89. The molecule has 5 nitrogen and oxygen atoms in total. The van der Waals surface area contributed by atoms with Crippen LogP contribution in [0.3, 0.4) is 0 Å². The van der Waals surface area contributed by atoms with E-state index in [9.17, 15) is 9.59 Å². The van der Waals surface area contributed by atoms with Gasteiger partial charge in [0.1, 0.15) is 0 Å². The summed E-state index contributed by atoms with van der Waals surface area (Å²) in [6, 6.07) is 9.08. The summed E-state index contributed by atoms with van der Waals surface area (Å²) in [5.41, 5.74) is 0.608. The number of esters is 1. The monoisotopic (exact) mass is 361 g/mol. The van der Waals surface area contributed by atoms with Gasteiger partial charge >= 0.3 is 5.97 Å². The van der Waals surface area contributed by atoms with Crippen LogP contribution >= 0.6 is 0 Å². The lowest BCUT2D eigenvalue weighted by Crippen LogP contribution is -2.24. The molecule has 0 radical (unpaired) electrons. The van der Waals surface area contributed by atoms with E-state index in [1.807, 2.05) is 24.3 Å². The predicted molar refractivity (Wildman–Crippen MR) is 103 cm³/mol. The summed E-state index contributed by atoms with van der Waals surface area (Å²) in [4.78, 5) is 28.0. The summed E-state index contributed by atoms with van der Waals surface area (Å²) < 4.78 is 5.26. The van der Waals surface area contributed by atoms with Gasteiger partial charge in [-0.05, 0) is 31.4 Å². The molecule has 0 fully saturated rings. The molecule has 1 rings (SSSR count). The molecule has 0 aliphatic heterocycles. The summed E-state index contributed by atoms with van der Waals surface area (Å²) in [7, 11) is 3.09. The van der Waals surface area contributed by atoms with Gasteiger partial charge in [-0.15, -0.1) is 0 Å². The number of hydroxylamine groups is 2. The van der Waals surface area contributed by atoms with E-state index in [0.29, 0.717) is 18.6 Å². The first kappa shape index (κ1) is 21.9. The van der Waals surface area contributed by atoms with Crippen molar-refractivity contribution in [2.75, 3.05) is 20.8 Å². The number of amides is 1. The zero-order valence-corrected chi connectivity index (χ0v) is 16.0. The fourth-order valence-corrected chi connectivity index (χ4v) is 2.43. The molecule has 0 saturated carbocycles. The Labute approximate surface area is 156 Å². The van der Waals surface area contributed by atoms with Gasteiger partial charge in [0.05, 0.1) is 19.3 Å². The minimum absolute atomic E-state index is 0.0447. The normalized spacial score (nSPS) is 10.8. The van der Waals surface area contributed by atoms with Crippen LogP contribution in [0.4, 0.5) is 0 Å². The number of hydrogen-bond donors (Lipinski definition) is 0. The highest BCUT2D eigenvalue weighted by Crippen LogP contribution is 2.09. The number of nitrogens with zero attached hydrogens (tertiary/aromatic N) is 1. The molecule has 144 valence electrons. The lowest BCUT2D eigenvalue weighted by molar-refractivity contribution is -0.167. The summed E-state index contributed by atoms with van der Waals surface area (Å²) >= 11 is 0. The molecule has 0 saturated heterocycles. The van der Waals surface area contributed by atoms with Gasteiger partial charge in [-0.2, -0.15) is 0 Å². The van der Waals surface area contributed by atoms with E-state index in [4.69, 9.17) is 9.57 Å². The molecular formula is C21H31NO4. The third kappa shape index (κ3) is 9.99. The van der Waals surface area contributed by atoms with Crippen molar-refractivity contribution in [3.8, 4) is 0 Å². The molecular weight excluding hydrogens is 330 g/mol. The maximum absolute atomic E-state index is 11.7. The van der Waals surface area contributed by atoms with Crippen LogP contribution in [0.2, 0.25) is 0 Å². The van der Waals surface area contributed by atoms with Gasteiger partial charge in [0.15, 0.2) is 0 Å². The third-order valence-corrected chi connectivity index (χ3v) is 4.09. The molecule has 0 aliphatic carbocycles. The lowest BCUT2D eigenvalue weighted by Gasteiger charge is -2.11. The van der Waals surface area contributed by atoms with E-state index < -0.39 is 0 Å². The van der Waals surface area contributed by atoms with Crippen molar-refractivity contribution in [2.24, 2.45) is 0 Å². The first-order valence-corrected chi connectivity index (χ1v) is 9.33. The minimum atomic E-state index is -0.243. The number of allylic oxidation sites excluding steroid dienone is 1. The van der Waals surface area contributed by atoms with Crippen molar-refractivity contribution in [3.63, 3.8) is 0 Å². The van der Waals surface area contributed by atoms with Crippen molar-refractivity contribution in [2.45, 2.75) is 51.4 Å². The van der Waals surface area contributed by atoms with Crippen LogP contribution in [0.5, 0.6) is 0 Å². The molecule has 0 bridgehead atoms. The van der Waals surface area contributed by atoms with Crippen LogP contribution in [0.1, 0.15) is 61.7 Å². The van der Waals surface area contributed by atoms with Crippen LogP contribution < -0.4 is 0 Å². The van der Waals surface area contributed by atoms with Crippen LogP contribution in [-0.2, 0) is 14.4 Å². The molecule has 26 heavy (non-hydrogen) atoms. The van der Waals surface area contributed by atoms with E-state index in [2.05, 4.69) is 6.08 Å². The van der Waals surface area contributed by atoms with Gasteiger partial charge in [-0.1, -0.05) is 56.0 Å². The van der Waals surface area contributed by atoms with Crippen LogP contribution in [0.25, 0.3) is 0 Å². The fourth-order valence-electron chi connectivity index (χ4n) is 2.43. The van der Waals surface area contributed by atoms with Crippen LogP contribution in [0, 0.1) is 0 Å². The van der Waals surface area contributed by atoms with Gasteiger partial charge in [-0.3, -0.25) is 9.63 Å². The van der Waals surface area contributed by atoms with E-state index in [0.717, 1.165) is 32.1 Å². The van der Waals surface area contributed by atoms with E-state index in [1.165, 1.54) is 25.0 Å². The molecule has 5 heteroatoms. The van der Waals surface area contributed by atoms with Crippen molar-refractivity contribution in [1.29, 1.82) is 0 Å². The Bertz CT molecular complexity index is 542. The first-order chi connectivity index (χ1) is 12.6. The lowest BCUT2D eigenvalue weighted by atomic mass is 10.1. The largest absolute Gasteiger partial charge is 0.462 e. The average molecular weight is 361 g/mol. The van der Waals surface area contributed by atoms with Crippen molar-refractivity contribution >= 4 is 11.9 Å². The smallest absolute Gasteiger partial charge is 0.338 e. The maximum atomic E-state index is 11.7. The third-order valence-electron chi connectivity index (χ3n) is 4.09. The highest BCUT2D eigenvalue weighted by atomic mass is 16.7. The number of carbonyl (C=O) groups excluding carboxylic acids is 2. The average Bonchev–Trinajstić information content (AvgIpc) is 2.68. The number of hydrogen-bond acceptors (Lipinski definition) is 4. The molecule has 1 aromatic rings. The van der Waals surface area contributed by atoms with Gasteiger partial charge in [0.2, 0.25) is 5.91 Å². The molecule has 1 amide bonds. The summed E-state index contributed by atoms with van der Waals surface area (Å²) in [6.45, 7) is 0.487. The highest BCUT2D eigenvalue weighted by Gasteiger charge is 2.05. The molecule has 0 atom stereocenters. The summed E-state index contributed by atoms with van der Waals surface area (Å²) in [5.74, 6) is -0.288. The maximum Gasteiger partial charge on any atom is 0.338 e. The number of unbranched alkanes of at least 4 members (excludes halogenated alkanes) is 6. The number of rotatable bonds is 13. The van der Waals surface area contributed by atoms with Crippen molar-refractivity contribution in [1.82, 2.24) is 5.06 Å². The molecule has 1 aromatic carbocycles. The van der Waals surface area contributed by atoms with E-state index in [1.54, 1.807) is 19.2 Å². The summed E-state index contributed by atoms with van der Waals surface area (Å²) in [6.07, 6.45) is 12.0. The molecule has 0 heterocycles. The standard InChI is InChI=1S/C21H31NO4/c1-22(25-2)20(23)17-13-8-6-4-3-5-7-9-14-18-26-21(24)19-15-11-10-12-16-19/h8,10-13,15-16H,3-7,9,14,17-18H2,1-2H3/b13-8+. The van der Waals surface area contributed by atoms with Crippen molar-refractivity contribution < 1.29 is 19.2 Å². The quantitative estimate of drug-likeness (QED) is 0.224. The zero-order chi connectivity index (χ0) is 19.0.